The molecule has 0 unspecified atom stereocenters. The highest BCUT2D eigenvalue weighted by molar-refractivity contribution is 7.80. The molecule has 1 aromatic carbocycles. The lowest BCUT2D eigenvalue weighted by Crippen LogP contribution is -2.56. The Hall–Kier alpha value is -2.53. The minimum absolute atomic E-state index is 0.106. The van der Waals surface area contributed by atoms with Crippen molar-refractivity contribution >= 4 is 35.2 Å². The van der Waals surface area contributed by atoms with Crippen LogP contribution >= 0.6 is 12.2 Å². The molecule has 1 aliphatic rings. The third-order valence-electron chi connectivity index (χ3n) is 3.39. The average Bonchev–Trinajstić information content (AvgIpc) is 2.56. The fourth-order valence-corrected chi connectivity index (χ4v) is 2.60. The van der Waals surface area contributed by atoms with E-state index in [2.05, 4.69) is 6.58 Å². The van der Waals surface area contributed by atoms with Gasteiger partial charge in [-0.3, -0.25) is 19.4 Å². The second-order valence-electron chi connectivity index (χ2n) is 4.89. The number of allylic oxidation sites excluding steroid dienone is 2. The molecule has 0 N–H and O–H groups in total. The number of carbonyl (C=O) groups excluding carboxylic acids is 2. The Morgan fingerprint density at radius 2 is 1.78 bits per heavy atom. The molecule has 1 aromatic rings. The first kappa shape index (κ1) is 16.8. The number of benzene rings is 1. The number of carbonyl (C=O) groups is 2. The molecule has 1 fully saturated rings. The summed E-state index contributed by atoms with van der Waals surface area (Å²) in [5.41, 5.74) is 1.10. The van der Waals surface area contributed by atoms with Crippen molar-refractivity contribution in [3.05, 3.63) is 66.3 Å². The van der Waals surface area contributed by atoms with Crippen molar-refractivity contribution in [2.24, 2.45) is 0 Å². The Bertz CT molecular complexity index is 692. The molecule has 0 bridgehead atoms. The number of hydrogen-bond donors (Lipinski definition) is 0. The van der Waals surface area contributed by atoms with Crippen molar-refractivity contribution in [3.8, 4) is 0 Å². The van der Waals surface area contributed by atoms with Crippen molar-refractivity contribution < 1.29 is 9.59 Å². The Labute approximate surface area is 141 Å². The van der Waals surface area contributed by atoms with E-state index < -0.39 is 0 Å². The second kappa shape index (κ2) is 7.65. The van der Waals surface area contributed by atoms with Crippen LogP contribution in [0, 0.1) is 0 Å². The maximum atomic E-state index is 12.5. The summed E-state index contributed by atoms with van der Waals surface area (Å²) in [5.74, 6) is -0.747. The van der Waals surface area contributed by atoms with Gasteiger partial charge in [0.05, 0.1) is 0 Å². The lowest BCUT2D eigenvalue weighted by Gasteiger charge is -2.35. The monoisotopic (exact) mass is 326 g/mol. The van der Waals surface area contributed by atoms with Gasteiger partial charge in [0, 0.05) is 13.1 Å². The van der Waals surface area contributed by atoms with E-state index in [0.29, 0.717) is 6.54 Å². The van der Waals surface area contributed by atoms with Crippen LogP contribution in [0.2, 0.25) is 0 Å². The van der Waals surface area contributed by atoms with Gasteiger partial charge in [-0.1, -0.05) is 48.6 Å². The maximum Gasteiger partial charge on any atom is 0.265 e. The van der Waals surface area contributed by atoms with Crippen LogP contribution in [0.3, 0.4) is 0 Å². The molecular weight excluding hydrogens is 308 g/mol. The molecule has 0 radical (unpaired) electrons. The van der Waals surface area contributed by atoms with E-state index >= 15 is 0 Å². The molecular formula is C18H18N2O2S. The van der Waals surface area contributed by atoms with E-state index in [1.807, 2.05) is 43.3 Å². The molecule has 0 spiro atoms. The first-order valence-electron chi connectivity index (χ1n) is 7.32. The van der Waals surface area contributed by atoms with E-state index in [1.54, 1.807) is 12.2 Å². The van der Waals surface area contributed by atoms with E-state index in [0.717, 1.165) is 5.56 Å². The lowest BCUT2D eigenvalue weighted by molar-refractivity contribution is -0.133. The van der Waals surface area contributed by atoms with Gasteiger partial charge >= 0.3 is 0 Å². The molecule has 1 saturated heterocycles. The zero-order valence-corrected chi connectivity index (χ0v) is 13.8. The molecule has 0 atom stereocenters. The van der Waals surface area contributed by atoms with Gasteiger partial charge in [-0.15, -0.1) is 6.58 Å². The van der Waals surface area contributed by atoms with Gasteiger partial charge < -0.3 is 0 Å². The number of amides is 2. The molecule has 0 saturated carbocycles. The molecule has 1 heterocycles. The molecule has 4 nitrogen and oxygen atoms in total. The van der Waals surface area contributed by atoms with Gasteiger partial charge in [-0.25, -0.2) is 0 Å². The SMILES string of the molecule is C=CCN1C(=O)/C(=C\C=C\c2ccccc2)C(=O)N(CC)C1=S. The van der Waals surface area contributed by atoms with E-state index in [4.69, 9.17) is 12.2 Å². The van der Waals surface area contributed by atoms with Crippen molar-refractivity contribution in [1.82, 2.24) is 9.80 Å². The summed E-state index contributed by atoms with van der Waals surface area (Å²) < 4.78 is 0. The third kappa shape index (κ3) is 3.63. The lowest BCUT2D eigenvalue weighted by atomic mass is 10.1. The number of likely N-dealkylation sites (N-methyl/N-ethyl adjacent to an activating group) is 1. The normalized spacial score (nSPS) is 17.4. The fourth-order valence-electron chi connectivity index (χ4n) is 2.23. The first-order valence-corrected chi connectivity index (χ1v) is 7.73. The zero-order chi connectivity index (χ0) is 16.8. The highest BCUT2D eigenvalue weighted by atomic mass is 32.1. The highest BCUT2D eigenvalue weighted by Gasteiger charge is 2.37. The minimum atomic E-state index is -0.387. The predicted molar refractivity (Wildman–Crippen MR) is 95.5 cm³/mol. The Morgan fingerprint density at radius 3 is 2.39 bits per heavy atom. The minimum Gasteiger partial charge on any atom is -0.285 e. The molecule has 0 aromatic heterocycles. The smallest absolute Gasteiger partial charge is 0.265 e. The number of rotatable bonds is 5. The van der Waals surface area contributed by atoms with Gasteiger partial charge in [0.2, 0.25) is 0 Å². The average molecular weight is 326 g/mol. The quantitative estimate of drug-likeness (QED) is 0.362. The van der Waals surface area contributed by atoms with E-state index in [-0.39, 0.29) is 29.0 Å². The van der Waals surface area contributed by atoms with Crippen LogP contribution in [0.1, 0.15) is 12.5 Å². The van der Waals surface area contributed by atoms with Crippen LogP contribution in [0.25, 0.3) is 6.08 Å². The number of nitrogens with zero attached hydrogens (tertiary/aromatic N) is 2. The van der Waals surface area contributed by atoms with E-state index in [9.17, 15) is 9.59 Å². The molecule has 118 valence electrons. The Kier molecular flexibility index (Phi) is 5.60. The summed E-state index contributed by atoms with van der Waals surface area (Å²) in [6, 6.07) is 9.66. The second-order valence-corrected chi connectivity index (χ2v) is 5.25. The van der Waals surface area contributed by atoms with Crippen molar-refractivity contribution in [2.45, 2.75) is 6.92 Å². The predicted octanol–water partition coefficient (Wildman–Crippen LogP) is 2.79. The van der Waals surface area contributed by atoms with Gasteiger partial charge in [0.15, 0.2) is 5.11 Å². The molecule has 1 aliphatic heterocycles. The van der Waals surface area contributed by atoms with Gasteiger partial charge in [0.25, 0.3) is 11.8 Å². The van der Waals surface area contributed by atoms with Crippen LogP contribution in [-0.4, -0.2) is 39.8 Å². The van der Waals surface area contributed by atoms with E-state index in [1.165, 1.54) is 15.9 Å². The third-order valence-corrected chi connectivity index (χ3v) is 3.83. The topological polar surface area (TPSA) is 40.6 Å². The standard InChI is InChI=1S/C18H18N2O2S/c1-3-13-20-17(22)15(16(21)19(4-2)18(20)23)12-8-11-14-9-6-5-7-10-14/h3,5-12H,1,4,13H2,2H3/b11-8+,15-12-. The zero-order valence-electron chi connectivity index (χ0n) is 12.9. The molecule has 0 aliphatic carbocycles. The van der Waals surface area contributed by atoms with Crippen LogP contribution in [0.5, 0.6) is 0 Å². The van der Waals surface area contributed by atoms with Gasteiger partial charge in [-0.2, -0.15) is 0 Å². The number of thiocarbonyl (C=S) groups is 1. The summed E-state index contributed by atoms with van der Waals surface area (Å²) >= 11 is 5.23. The van der Waals surface area contributed by atoms with Gasteiger partial charge in [-0.05, 0) is 30.8 Å². The summed E-state index contributed by atoms with van der Waals surface area (Å²) in [6.45, 7) is 6.15. The Balaban J connectivity index is 2.31. The summed E-state index contributed by atoms with van der Waals surface area (Å²) in [4.78, 5) is 27.7. The van der Waals surface area contributed by atoms with Crippen LogP contribution < -0.4 is 0 Å². The molecule has 2 amide bonds. The summed E-state index contributed by atoms with van der Waals surface area (Å²) in [6.07, 6.45) is 6.67. The van der Waals surface area contributed by atoms with Crippen LogP contribution in [-0.2, 0) is 9.59 Å². The number of hydrogen-bond acceptors (Lipinski definition) is 3. The molecule has 2 rings (SSSR count). The van der Waals surface area contributed by atoms with Crippen molar-refractivity contribution in [1.29, 1.82) is 0 Å². The summed E-state index contributed by atoms with van der Waals surface area (Å²) in [7, 11) is 0. The largest absolute Gasteiger partial charge is 0.285 e. The summed E-state index contributed by atoms with van der Waals surface area (Å²) in [5, 5.41) is 0.228. The Morgan fingerprint density at radius 1 is 1.13 bits per heavy atom. The van der Waals surface area contributed by atoms with Crippen molar-refractivity contribution in [3.63, 3.8) is 0 Å². The molecule has 5 heteroatoms. The fraction of sp³-hybridized carbons (Fsp3) is 0.167. The molecule has 23 heavy (non-hydrogen) atoms. The van der Waals surface area contributed by atoms with Crippen LogP contribution in [0.4, 0.5) is 0 Å². The van der Waals surface area contributed by atoms with Gasteiger partial charge in [0.1, 0.15) is 5.57 Å². The first-order chi connectivity index (χ1) is 11.1. The van der Waals surface area contributed by atoms with Crippen LogP contribution in [0.15, 0.2) is 60.7 Å². The van der Waals surface area contributed by atoms with Crippen molar-refractivity contribution in [2.75, 3.05) is 13.1 Å². The highest BCUT2D eigenvalue weighted by Crippen LogP contribution is 2.18. The maximum absolute atomic E-state index is 12.5.